The van der Waals surface area contributed by atoms with E-state index in [1.165, 1.54) is 4.90 Å². The Morgan fingerprint density at radius 3 is 2.15 bits per heavy atom. The quantitative estimate of drug-likeness (QED) is 0.547. The van der Waals surface area contributed by atoms with Gasteiger partial charge in [-0.3, -0.25) is 19.3 Å². The van der Waals surface area contributed by atoms with Gasteiger partial charge in [0.25, 0.3) is 11.8 Å². The third kappa shape index (κ3) is 5.05. The summed E-state index contributed by atoms with van der Waals surface area (Å²) >= 11 is 0. The van der Waals surface area contributed by atoms with E-state index in [4.69, 9.17) is 14.2 Å². The molecule has 0 saturated carbocycles. The van der Waals surface area contributed by atoms with Crippen LogP contribution in [0.25, 0.3) is 0 Å². The lowest BCUT2D eigenvalue weighted by Gasteiger charge is -2.32. The molecule has 4 rings (SSSR count). The van der Waals surface area contributed by atoms with Gasteiger partial charge in [0.05, 0.1) is 39.5 Å². The van der Waals surface area contributed by atoms with Crippen LogP contribution < -0.4 is 14.4 Å². The lowest BCUT2D eigenvalue weighted by molar-refractivity contribution is -0.122. The van der Waals surface area contributed by atoms with E-state index in [9.17, 15) is 14.4 Å². The number of benzene rings is 2. The van der Waals surface area contributed by atoms with Crippen LogP contribution >= 0.6 is 0 Å². The molecule has 180 valence electrons. The minimum atomic E-state index is -0.870. The number of nitrogens with zero attached hydrogens (tertiary/aromatic N) is 3. The van der Waals surface area contributed by atoms with Gasteiger partial charge in [0.15, 0.2) is 0 Å². The third-order valence-corrected chi connectivity index (χ3v) is 6.19. The summed E-state index contributed by atoms with van der Waals surface area (Å²) < 4.78 is 15.8. The zero-order valence-corrected chi connectivity index (χ0v) is 19.4. The van der Waals surface area contributed by atoms with Gasteiger partial charge >= 0.3 is 0 Å². The van der Waals surface area contributed by atoms with Gasteiger partial charge in [-0.05, 0) is 48.5 Å². The first kappa shape index (κ1) is 23.7. The van der Waals surface area contributed by atoms with E-state index in [0.717, 1.165) is 18.0 Å². The van der Waals surface area contributed by atoms with Crippen LogP contribution in [-0.2, 0) is 14.3 Å². The normalized spacial score (nSPS) is 18.8. The number of ether oxygens (including phenoxy) is 3. The molecule has 2 aromatic rings. The highest BCUT2D eigenvalue weighted by atomic mass is 16.5. The number of hydrogen-bond acceptors (Lipinski definition) is 7. The Labute approximate surface area is 198 Å². The first-order valence-electron chi connectivity index (χ1n) is 11.3. The molecule has 2 heterocycles. The van der Waals surface area contributed by atoms with E-state index in [1.54, 1.807) is 62.8 Å². The molecule has 9 heteroatoms. The van der Waals surface area contributed by atoms with Crippen molar-refractivity contribution >= 4 is 23.4 Å². The van der Waals surface area contributed by atoms with Crippen molar-refractivity contribution < 1.29 is 28.6 Å². The van der Waals surface area contributed by atoms with Crippen LogP contribution in [0.4, 0.5) is 5.69 Å². The Morgan fingerprint density at radius 2 is 1.56 bits per heavy atom. The summed E-state index contributed by atoms with van der Waals surface area (Å²) in [5.74, 6) is 0.229. The topological polar surface area (TPSA) is 88.6 Å². The molecule has 1 atom stereocenters. The van der Waals surface area contributed by atoms with Crippen molar-refractivity contribution in [1.29, 1.82) is 0 Å². The fourth-order valence-corrected chi connectivity index (χ4v) is 4.23. The van der Waals surface area contributed by atoms with Crippen molar-refractivity contribution in [2.45, 2.75) is 12.5 Å². The van der Waals surface area contributed by atoms with Gasteiger partial charge in [-0.25, -0.2) is 4.90 Å². The summed E-state index contributed by atoms with van der Waals surface area (Å²) in [5, 5.41) is 0. The molecule has 1 unspecified atom stereocenters. The molecule has 34 heavy (non-hydrogen) atoms. The molecule has 0 bridgehead atoms. The molecule has 2 aliphatic rings. The predicted octanol–water partition coefficient (Wildman–Crippen LogP) is 1.81. The van der Waals surface area contributed by atoms with Gasteiger partial charge in [0.2, 0.25) is 5.91 Å². The minimum Gasteiger partial charge on any atom is -0.497 e. The van der Waals surface area contributed by atoms with Crippen molar-refractivity contribution in [2.24, 2.45) is 0 Å². The molecule has 2 aromatic carbocycles. The second-order valence-electron chi connectivity index (χ2n) is 8.17. The van der Waals surface area contributed by atoms with Crippen molar-refractivity contribution in [2.75, 3.05) is 58.5 Å². The minimum absolute atomic E-state index is 0.0597. The molecule has 0 aliphatic carbocycles. The van der Waals surface area contributed by atoms with Crippen molar-refractivity contribution in [1.82, 2.24) is 9.80 Å². The molecule has 2 fully saturated rings. The van der Waals surface area contributed by atoms with Crippen LogP contribution in [0.15, 0.2) is 48.5 Å². The summed E-state index contributed by atoms with van der Waals surface area (Å²) in [6, 6.07) is 12.6. The summed E-state index contributed by atoms with van der Waals surface area (Å²) in [7, 11) is 3.11. The molecule has 3 amide bonds. The zero-order chi connectivity index (χ0) is 24.1. The van der Waals surface area contributed by atoms with Gasteiger partial charge in [-0.15, -0.1) is 0 Å². The Morgan fingerprint density at radius 1 is 0.971 bits per heavy atom. The SMILES string of the molecule is COc1ccc(C(=O)N(CCN2CCOCC2)C2CC(=O)N(c3ccc(OC)cc3)C2=O)cc1. The highest BCUT2D eigenvalue weighted by Gasteiger charge is 2.44. The third-order valence-electron chi connectivity index (χ3n) is 6.19. The van der Waals surface area contributed by atoms with Gasteiger partial charge in [0.1, 0.15) is 17.5 Å². The lowest BCUT2D eigenvalue weighted by atomic mass is 10.1. The number of imide groups is 1. The number of carbonyl (C=O) groups excluding carboxylic acids is 3. The van der Waals surface area contributed by atoms with Gasteiger partial charge in [0, 0.05) is 31.7 Å². The lowest BCUT2D eigenvalue weighted by Crippen LogP contribution is -2.49. The molecule has 2 saturated heterocycles. The molecule has 0 aromatic heterocycles. The molecule has 0 spiro atoms. The van der Waals surface area contributed by atoms with E-state index in [2.05, 4.69) is 4.90 Å². The largest absolute Gasteiger partial charge is 0.497 e. The maximum absolute atomic E-state index is 13.5. The van der Waals surface area contributed by atoms with Gasteiger partial charge in [-0.2, -0.15) is 0 Å². The Kier molecular flexibility index (Phi) is 7.44. The zero-order valence-electron chi connectivity index (χ0n) is 19.4. The Hall–Kier alpha value is -3.43. The summed E-state index contributed by atoms with van der Waals surface area (Å²) in [6.07, 6.45) is -0.0597. The van der Waals surface area contributed by atoms with Crippen LogP contribution in [0, 0.1) is 0 Å². The van der Waals surface area contributed by atoms with Crippen molar-refractivity contribution in [3.05, 3.63) is 54.1 Å². The summed E-state index contributed by atoms with van der Waals surface area (Å²) in [4.78, 5) is 44.7. The number of anilines is 1. The predicted molar refractivity (Wildman–Crippen MR) is 125 cm³/mol. The summed E-state index contributed by atoms with van der Waals surface area (Å²) in [6.45, 7) is 3.72. The Balaban J connectivity index is 1.57. The number of methoxy groups -OCH3 is 2. The van der Waals surface area contributed by atoms with E-state index in [1.807, 2.05) is 0 Å². The van der Waals surface area contributed by atoms with E-state index >= 15 is 0 Å². The van der Waals surface area contributed by atoms with Crippen molar-refractivity contribution in [3.8, 4) is 11.5 Å². The molecular formula is C25H29N3O6. The first-order chi connectivity index (χ1) is 16.5. The van der Waals surface area contributed by atoms with Gasteiger partial charge in [-0.1, -0.05) is 0 Å². The average Bonchev–Trinajstić information content (AvgIpc) is 3.18. The first-order valence-corrected chi connectivity index (χ1v) is 11.3. The van der Waals surface area contributed by atoms with Gasteiger partial charge < -0.3 is 19.1 Å². The molecule has 9 nitrogen and oxygen atoms in total. The van der Waals surface area contributed by atoms with Crippen LogP contribution in [0.2, 0.25) is 0 Å². The number of carbonyl (C=O) groups is 3. The number of hydrogen-bond donors (Lipinski definition) is 0. The standard InChI is InChI=1S/C25H29N3O6/c1-32-20-7-3-18(4-8-20)24(30)27(12-11-26-13-15-34-16-14-26)22-17-23(29)28(25(22)31)19-5-9-21(33-2)10-6-19/h3-10,22H,11-17H2,1-2H3. The number of amides is 3. The number of rotatable bonds is 8. The van der Waals surface area contributed by atoms with E-state index in [0.29, 0.717) is 49.1 Å². The molecule has 0 radical (unpaired) electrons. The van der Waals surface area contributed by atoms with Crippen LogP contribution in [-0.4, -0.2) is 87.2 Å². The van der Waals surface area contributed by atoms with Crippen molar-refractivity contribution in [3.63, 3.8) is 0 Å². The van der Waals surface area contributed by atoms with Crippen LogP contribution in [0.1, 0.15) is 16.8 Å². The average molecular weight is 468 g/mol. The molecule has 2 aliphatic heterocycles. The van der Waals surface area contributed by atoms with E-state index in [-0.39, 0.29) is 18.2 Å². The summed E-state index contributed by atoms with van der Waals surface area (Å²) in [5.41, 5.74) is 0.897. The maximum Gasteiger partial charge on any atom is 0.257 e. The highest BCUT2D eigenvalue weighted by molar-refractivity contribution is 6.23. The molecular weight excluding hydrogens is 438 g/mol. The second kappa shape index (κ2) is 10.7. The smallest absolute Gasteiger partial charge is 0.257 e. The monoisotopic (exact) mass is 467 g/mol. The Bertz CT molecular complexity index is 1020. The van der Waals surface area contributed by atoms with Crippen LogP contribution in [0.5, 0.6) is 11.5 Å². The van der Waals surface area contributed by atoms with E-state index < -0.39 is 11.9 Å². The fraction of sp³-hybridized carbons (Fsp3) is 0.400. The number of morpholine rings is 1. The molecule has 0 N–H and O–H groups in total. The van der Waals surface area contributed by atoms with Crippen LogP contribution in [0.3, 0.4) is 0 Å². The highest BCUT2D eigenvalue weighted by Crippen LogP contribution is 2.28. The second-order valence-corrected chi connectivity index (χ2v) is 8.17. The fourth-order valence-electron chi connectivity index (χ4n) is 4.23. The maximum atomic E-state index is 13.5.